The van der Waals surface area contributed by atoms with Gasteiger partial charge in [0, 0.05) is 12.1 Å². The number of rotatable bonds is 6. The van der Waals surface area contributed by atoms with Gasteiger partial charge in [0.15, 0.2) is 0 Å². The average molecular weight is 283 g/mol. The Morgan fingerprint density at radius 3 is 2.53 bits per heavy atom. The Labute approximate surface area is 117 Å². The second-order valence-corrected chi connectivity index (χ2v) is 3.93. The number of nitrogens with one attached hydrogen (secondary N) is 1. The van der Waals surface area contributed by atoms with Gasteiger partial charge < -0.3 is 9.73 Å². The van der Waals surface area contributed by atoms with Crippen molar-refractivity contribution >= 4 is 18.1 Å². The fraction of sp³-hybridized carbons (Fsp3) is 0.231. The summed E-state index contributed by atoms with van der Waals surface area (Å²) in [6.45, 7) is 1.50. The summed E-state index contributed by atoms with van der Waals surface area (Å²) in [5, 5.41) is 13.7. The Morgan fingerprint density at radius 2 is 1.95 bits per heavy atom. The number of non-ortho nitro benzene ring substituents is 1. The highest BCUT2D eigenvalue weighted by Crippen LogP contribution is 2.11. The number of furan rings is 1. The summed E-state index contributed by atoms with van der Waals surface area (Å²) in [7, 11) is 0. The van der Waals surface area contributed by atoms with Gasteiger partial charge in [-0.05, 0) is 30.7 Å². The third-order valence-corrected chi connectivity index (χ3v) is 2.62. The van der Waals surface area contributed by atoms with Crippen LogP contribution in [0.5, 0.6) is 0 Å². The second kappa shape index (κ2) is 7.56. The minimum Gasteiger partial charge on any atom is -0.468 e. The smallest absolute Gasteiger partial charge is 0.269 e. The lowest BCUT2D eigenvalue weighted by atomic mass is 10.1. The predicted molar refractivity (Wildman–Crippen MR) is 74.5 cm³/mol. The molecule has 0 saturated heterocycles. The summed E-state index contributed by atoms with van der Waals surface area (Å²) in [5.74, 6) is 0.902. The predicted octanol–water partition coefficient (Wildman–Crippen LogP) is 2.94. The Bertz CT molecular complexity index is 497. The summed E-state index contributed by atoms with van der Waals surface area (Å²) in [4.78, 5) is 10.1. The Balaban J connectivity index is 0.00000180. The van der Waals surface area contributed by atoms with Crippen LogP contribution in [0, 0.1) is 10.1 Å². The van der Waals surface area contributed by atoms with Crippen LogP contribution in [0.3, 0.4) is 0 Å². The fourth-order valence-corrected chi connectivity index (χ4v) is 1.64. The molecule has 19 heavy (non-hydrogen) atoms. The quantitative estimate of drug-likeness (QED) is 0.502. The largest absolute Gasteiger partial charge is 0.468 e. The van der Waals surface area contributed by atoms with E-state index in [1.165, 1.54) is 12.1 Å². The van der Waals surface area contributed by atoms with E-state index in [-0.39, 0.29) is 23.0 Å². The number of nitro benzene ring substituents is 1. The molecule has 0 aliphatic rings. The van der Waals surface area contributed by atoms with E-state index in [9.17, 15) is 10.1 Å². The summed E-state index contributed by atoms with van der Waals surface area (Å²) in [6, 6.07) is 10.4. The highest BCUT2D eigenvalue weighted by atomic mass is 35.5. The molecule has 102 valence electrons. The van der Waals surface area contributed by atoms with Gasteiger partial charge in [-0.2, -0.15) is 0 Å². The number of hydrogen-bond acceptors (Lipinski definition) is 4. The van der Waals surface area contributed by atoms with Gasteiger partial charge in [0.2, 0.25) is 0 Å². The van der Waals surface area contributed by atoms with E-state index in [0.717, 1.165) is 24.3 Å². The van der Waals surface area contributed by atoms with Gasteiger partial charge in [0.05, 0.1) is 17.7 Å². The molecule has 1 aromatic carbocycles. The molecule has 0 unspecified atom stereocenters. The van der Waals surface area contributed by atoms with Crippen molar-refractivity contribution in [2.24, 2.45) is 0 Å². The molecular weight excluding hydrogens is 268 g/mol. The molecule has 0 aliphatic carbocycles. The maximum Gasteiger partial charge on any atom is 0.269 e. The van der Waals surface area contributed by atoms with Crippen molar-refractivity contribution in [3.63, 3.8) is 0 Å². The highest BCUT2D eigenvalue weighted by Gasteiger charge is 2.03. The third kappa shape index (κ3) is 4.73. The molecule has 0 radical (unpaired) electrons. The maximum absolute atomic E-state index is 10.5. The molecule has 0 saturated carbocycles. The molecule has 1 heterocycles. The van der Waals surface area contributed by atoms with Crippen LogP contribution in [0.1, 0.15) is 11.3 Å². The molecule has 0 amide bonds. The van der Waals surface area contributed by atoms with Crippen molar-refractivity contribution in [3.8, 4) is 0 Å². The van der Waals surface area contributed by atoms with Crippen LogP contribution in [-0.2, 0) is 13.0 Å². The molecule has 0 atom stereocenters. The Morgan fingerprint density at radius 1 is 1.21 bits per heavy atom. The summed E-state index contributed by atoms with van der Waals surface area (Å²) < 4.78 is 5.19. The number of benzene rings is 1. The number of halogens is 1. The Kier molecular flexibility index (Phi) is 6.05. The van der Waals surface area contributed by atoms with Crippen LogP contribution in [0.25, 0.3) is 0 Å². The summed E-state index contributed by atoms with van der Waals surface area (Å²) >= 11 is 0. The zero-order valence-electron chi connectivity index (χ0n) is 10.2. The van der Waals surface area contributed by atoms with Gasteiger partial charge in [0.25, 0.3) is 5.69 Å². The van der Waals surface area contributed by atoms with Crippen molar-refractivity contribution in [2.75, 3.05) is 6.54 Å². The highest BCUT2D eigenvalue weighted by molar-refractivity contribution is 5.85. The van der Waals surface area contributed by atoms with E-state index >= 15 is 0 Å². The molecule has 5 nitrogen and oxygen atoms in total. The molecule has 6 heteroatoms. The second-order valence-electron chi connectivity index (χ2n) is 3.93. The van der Waals surface area contributed by atoms with E-state index in [0.29, 0.717) is 6.54 Å². The Hall–Kier alpha value is -1.85. The molecular formula is C13H15ClN2O3. The molecule has 0 spiro atoms. The van der Waals surface area contributed by atoms with Gasteiger partial charge in [-0.15, -0.1) is 12.4 Å². The molecule has 1 N–H and O–H groups in total. The zero-order chi connectivity index (χ0) is 12.8. The number of nitro groups is 1. The standard InChI is InChI=1S/C13H14N2O3.ClH/c16-15(17)12-5-3-11(4-6-12)7-8-14-10-13-2-1-9-18-13;/h1-6,9,14H,7-8,10H2;1H. The third-order valence-electron chi connectivity index (χ3n) is 2.62. The lowest BCUT2D eigenvalue weighted by Gasteiger charge is -2.03. The molecule has 0 fully saturated rings. The first kappa shape index (κ1) is 15.2. The van der Waals surface area contributed by atoms with Crippen LogP contribution >= 0.6 is 12.4 Å². The lowest BCUT2D eigenvalue weighted by Crippen LogP contribution is -2.16. The fourth-order valence-electron chi connectivity index (χ4n) is 1.64. The van der Waals surface area contributed by atoms with Crippen molar-refractivity contribution in [1.82, 2.24) is 5.32 Å². The molecule has 2 rings (SSSR count). The number of hydrogen-bond donors (Lipinski definition) is 1. The average Bonchev–Trinajstić information content (AvgIpc) is 2.88. The number of nitrogens with zero attached hydrogens (tertiary/aromatic N) is 1. The van der Waals surface area contributed by atoms with Crippen molar-refractivity contribution < 1.29 is 9.34 Å². The zero-order valence-corrected chi connectivity index (χ0v) is 11.1. The topological polar surface area (TPSA) is 68.3 Å². The normalized spacial score (nSPS) is 9.89. The van der Waals surface area contributed by atoms with Crippen molar-refractivity contribution in [3.05, 3.63) is 64.1 Å². The van der Waals surface area contributed by atoms with Gasteiger partial charge >= 0.3 is 0 Å². The van der Waals surface area contributed by atoms with Gasteiger partial charge in [-0.3, -0.25) is 10.1 Å². The van der Waals surface area contributed by atoms with E-state index in [4.69, 9.17) is 4.42 Å². The lowest BCUT2D eigenvalue weighted by molar-refractivity contribution is -0.384. The van der Waals surface area contributed by atoms with Gasteiger partial charge in [-0.25, -0.2) is 0 Å². The van der Waals surface area contributed by atoms with E-state index < -0.39 is 0 Å². The first-order chi connectivity index (χ1) is 8.75. The molecule has 1 aromatic heterocycles. The van der Waals surface area contributed by atoms with Gasteiger partial charge in [-0.1, -0.05) is 12.1 Å². The van der Waals surface area contributed by atoms with Crippen molar-refractivity contribution in [2.45, 2.75) is 13.0 Å². The van der Waals surface area contributed by atoms with E-state index in [2.05, 4.69) is 5.32 Å². The van der Waals surface area contributed by atoms with E-state index in [1.807, 2.05) is 12.1 Å². The van der Waals surface area contributed by atoms with Crippen LogP contribution in [-0.4, -0.2) is 11.5 Å². The van der Waals surface area contributed by atoms with Crippen molar-refractivity contribution in [1.29, 1.82) is 0 Å². The van der Waals surface area contributed by atoms with Crippen LogP contribution in [0.2, 0.25) is 0 Å². The monoisotopic (exact) mass is 282 g/mol. The first-order valence-corrected chi connectivity index (χ1v) is 5.72. The minimum absolute atomic E-state index is 0. The van der Waals surface area contributed by atoms with Crippen LogP contribution in [0.15, 0.2) is 47.1 Å². The molecule has 2 aromatic rings. The first-order valence-electron chi connectivity index (χ1n) is 5.72. The summed E-state index contributed by atoms with van der Waals surface area (Å²) in [5.41, 5.74) is 1.20. The minimum atomic E-state index is -0.390. The maximum atomic E-state index is 10.5. The molecule has 0 bridgehead atoms. The van der Waals surface area contributed by atoms with E-state index in [1.54, 1.807) is 18.4 Å². The van der Waals surface area contributed by atoms with Crippen LogP contribution < -0.4 is 5.32 Å². The molecule has 0 aliphatic heterocycles. The summed E-state index contributed by atoms with van der Waals surface area (Å²) in [6.07, 6.45) is 2.48. The van der Waals surface area contributed by atoms with Gasteiger partial charge in [0.1, 0.15) is 5.76 Å². The SMILES string of the molecule is Cl.O=[N+]([O-])c1ccc(CCNCc2ccco2)cc1. The van der Waals surface area contributed by atoms with Crippen LogP contribution in [0.4, 0.5) is 5.69 Å².